The molecule has 0 N–H and O–H groups in total. The van der Waals surface area contributed by atoms with Gasteiger partial charge in [0.2, 0.25) is 0 Å². The fourth-order valence-electron chi connectivity index (χ4n) is 5.67. The SMILES string of the molecule is C=C/C(=C\C=C(/C)c1nc(-c2ccc(-c3ccccc3)cc2)cc(-c2ccc(-c3cccc4ccncc34)cc2)n1)c1cccnc1. The number of aromatic nitrogens is 4. The summed E-state index contributed by atoms with van der Waals surface area (Å²) in [5.41, 5.74) is 11.3. The highest BCUT2D eigenvalue weighted by molar-refractivity contribution is 5.96. The normalized spacial score (nSPS) is 11.9. The minimum absolute atomic E-state index is 0.666. The lowest BCUT2D eigenvalue weighted by molar-refractivity contribution is 1.12. The lowest BCUT2D eigenvalue weighted by Crippen LogP contribution is -1.98. The van der Waals surface area contributed by atoms with Gasteiger partial charge in [-0.25, -0.2) is 9.97 Å². The van der Waals surface area contributed by atoms with E-state index in [-0.39, 0.29) is 0 Å². The number of hydrogen-bond donors (Lipinski definition) is 0. The van der Waals surface area contributed by atoms with Crippen LogP contribution in [-0.4, -0.2) is 19.9 Å². The summed E-state index contributed by atoms with van der Waals surface area (Å²) in [7, 11) is 0. The summed E-state index contributed by atoms with van der Waals surface area (Å²) in [4.78, 5) is 18.7. The van der Waals surface area contributed by atoms with Gasteiger partial charge in [-0.1, -0.05) is 128 Å². The van der Waals surface area contributed by atoms with Crippen molar-refractivity contribution < 1.29 is 0 Å². The maximum Gasteiger partial charge on any atom is 0.156 e. The van der Waals surface area contributed by atoms with Crippen molar-refractivity contribution in [2.75, 3.05) is 0 Å². The van der Waals surface area contributed by atoms with Crippen LogP contribution in [0.2, 0.25) is 0 Å². The molecular formula is C43H32N4. The van der Waals surface area contributed by atoms with Crippen LogP contribution in [0.4, 0.5) is 0 Å². The van der Waals surface area contributed by atoms with Crippen LogP contribution in [0.25, 0.3) is 66.7 Å². The second kappa shape index (κ2) is 13.4. The molecule has 224 valence electrons. The highest BCUT2D eigenvalue weighted by Crippen LogP contribution is 2.32. The van der Waals surface area contributed by atoms with Crippen LogP contribution in [-0.2, 0) is 0 Å². The molecular weight excluding hydrogens is 573 g/mol. The Hall–Kier alpha value is -6.26. The van der Waals surface area contributed by atoms with Crippen molar-refractivity contribution in [3.63, 3.8) is 0 Å². The smallest absolute Gasteiger partial charge is 0.156 e. The van der Waals surface area contributed by atoms with Crippen molar-refractivity contribution in [1.29, 1.82) is 0 Å². The minimum atomic E-state index is 0.666. The Morgan fingerprint density at radius 1 is 0.574 bits per heavy atom. The lowest BCUT2D eigenvalue weighted by Gasteiger charge is -2.11. The molecule has 0 saturated heterocycles. The van der Waals surface area contributed by atoms with Gasteiger partial charge in [-0.15, -0.1) is 0 Å². The summed E-state index contributed by atoms with van der Waals surface area (Å²) in [5, 5.41) is 2.30. The van der Waals surface area contributed by atoms with Crippen LogP contribution in [0, 0.1) is 0 Å². The van der Waals surface area contributed by atoms with E-state index in [4.69, 9.17) is 9.97 Å². The van der Waals surface area contributed by atoms with E-state index in [9.17, 15) is 0 Å². The van der Waals surface area contributed by atoms with Crippen LogP contribution in [0.1, 0.15) is 18.3 Å². The van der Waals surface area contributed by atoms with Crippen LogP contribution in [0.5, 0.6) is 0 Å². The second-order valence-electron chi connectivity index (χ2n) is 11.3. The molecule has 0 aliphatic rings. The molecule has 0 spiro atoms. The first-order valence-electron chi connectivity index (χ1n) is 15.6. The second-order valence-corrected chi connectivity index (χ2v) is 11.3. The van der Waals surface area contributed by atoms with Gasteiger partial charge in [0.15, 0.2) is 5.82 Å². The van der Waals surface area contributed by atoms with E-state index in [0.717, 1.165) is 61.3 Å². The van der Waals surface area contributed by atoms with Crippen LogP contribution in [0.15, 0.2) is 171 Å². The molecule has 3 heterocycles. The first-order chi connectivity index (χ1) is 23.2. The third-order valence-corrected chi connectivity index (χ3v) is 8.27. The summed E-state index contributed by atoms with van der Waals surface area (Å²) >= 11 is 0. The number of hydrogen-bond acceptors (Lipinski definition) is 4. The Morgan fingerprint density at radius 3 is 1.91 bits per heavy atom. The van der Waals surface area contributed by atoms with Crippen molar-refractivity contribution in [2.45, 2.75) is 6.92 Å². The summed E-state index contributed by atoms with van der Waals surface area (Å²) < 4.78 is 0. The molecule has 4 aromatic carbocycles. The number of allylic oxidation sites excluding steroid dienone is 5. The zero-order valence-corrected chi connectivity index (χ0v) is 26.1. The highest BCUT2D eigenvalue weighted by Gasteiger charge is 2.12. The largest absolute Gasteiger partial charge is 0.264 e. The van der Waals surface area contributed by atoms with Gasteiger partial charge in [-0.2, -0.15) is 0 Å². The molecule has 7 aromatic rings. The Morgan fingerprint density at radius 2 is 1.23 bits per heavy atom. The van der Waals surface area contributed by atoms with E-state index < -0.39 is 0 Å². The lowest BCUT2D eigenvalue weighted by atomic mass is 9.98. The van der Waals surface area contributed by atoms with Crippen LogP contribution < -0.4 is 0 Å². The Bertz CT molecular complexity index is 2230. The Labute approximate surface area is 275 Å². The van der Waals surface area contributed by atoms with Crippen LogP contribution in [0.3, 0.4) is 0 Å². The molecule has 0 fully saturated rings. The molecule has 0 unspecified atom stereocenters. The highest BCUT2D eigenvalue weighted by atomic mass is 14.9. The van der Waals surface area contributed by atoms with Gasteiger partial charge in [0.25, 0.3) is 0 Å². The molecule has 0 aliphatic heterocycles. The molecule has 47 heavy (non-hydrogen) atoms. The van der Waals surface area contributed by atoms with Crippen molar-refractivity contribution >= 4 is 21.9 Å². The maximum atomic E-state index is 5.07. The summed E-state index contributed by atoms with van der Waals surface area (Å²) in [6.07, 6.45) is 13.3. The molecule has 7 rings (SSSR count). The van der Waals surface area contributed by atoms with Gasteiger partial charge in [-0.3, -0.25) is 9.97 Å². The average molecular weight is 605 g/mol. The van der Waals surface area contributed by atoms with Crippen molar-refractivity contribution in [3.05, 3.63) is 182 Å². The average Bonchev–Trinajstić information content (AvgIpc) is 3.15. The third-order valence-electron chi connectivity index (χ3n) is 8.27. The van der Waals surface area contributed by atoms with E-state index in [1.165, 1.54) is 10.9 Å². The van der Waals surface area contributed by atoms with Gasteiger partial charge in [0.1, 0.15) is 0 Å². The predicted octanol–water partition coefficient (Wildman–Crippen LogP) is 10.8. The van der Waals surface area contributed by atoms with Gasteiger partial charge < -0.3 is 0 Å². The number of rotatable bonds is 8. The van der Waals surface area contributed by atoms with Crippen molar-refractivity contribution in [1.82, 2.24) is 19.9 Å². The zero-order valence-electron chi connectivity index (χ0n) is 26.1. The molecule has 4 nitrogen and oxygen atoms in total. The van der Waals surface area contributed by atoms with Crippen molar-refractivity contribution in [3.8, 4) is 44.8 Å². The minimum Gasteiger partial charge on any atom is -0.264 e. The van der Waals surface area contributed by atoms with Gasteiger partial charge in [0.05, 0.1) is 11.4 Å². The van der Waals surface area contributed by atoms with E-state index in [1.807, 2.05) is 68.0 Å². The maximum absolute atomic E-state index is 5.07. The van der Waals surface area contributed by atoms with Gasteiger partial charge in [0, 0.05) is 41.3 Å². The number of pyridine rings is 2. The van der Waals surface area contributed by atoms with E-state index in [0.29, 0.717) is 5.82 Å². The quantitative estimate of drug-likeness (QED) is 0.162. The fraction of sp³-hybridized carbons (Fsp3) is 0.0233. The zero-order chi connectivity index (χ0) is 32.0. The third kappa shape index (κ3) is 6.44. The first-order valence-corrected chi connectivity index (χ1v) is 15.6. The fourth-order valence-corrected chi connectivity index (χ4v) is 5.67. The van der Waals surface area contributed by atoms with Crippen molar-refractivity contribution in [2.24, 2.45) is 0 Å². The number of fused-ring (bicyclic) bond motifs is 1. The standard InChI is InChI=1S/C43H32N4/c1-3-31(38-12-8-25-44-28-38)15-14-30(2)43-46-41(36-20-16-33(17-21-36)32-9-5-4-6-10-32)27-42(47-43)37-22-18-35(19-23-37)39-13-7-11-34-24-26-45-29-40(34)39/h3-29H,1H2,2H3/b30-14+,31-15+. The van der Waals surface area contributed by atoms with Crippen LogP contribution >= 0.6 is 0 Å². The molecule has 3 aromatic heterocycles. The summed E-state index contributed by atoms with van der Waals surface area (Å²) in [6, 6.07) is 42.0. The molecule has 0 aliphatic carbocycles. The Kier molecular flexibility index (Phi) is 8.39. The van der Waals surface area contributed by atoms with E-state index in [1.54, 1.807) is 6.20 Å². The molecule has 0 atom stereocenters. The molecule has 0 bridgehead atoms. The summed E-state index contributed by atoms with van der Waals surface area (Å²) in [5.74, 6) is 0.666. The topological polar surface area (TPSA) is 51.6 Å². The number of nitrogens with zero attached hydrogens (tertiary/aromatic N) is 4. The Balaban J connectivity index is 1.29. The van der Waals surface area contributed by atoms with E-state index in [2.05, 4.69) is 114 Å². The molecule has 0 radical (unpaired) electrons. The number of benzene rings is 4. The molecule has 4 heteroatoms. The van der Waals surface area contributed by atoms with Gasteiger partial charge >= 0.3 is 0 Å². The van der Waals surface area contributed by atoms with Gasteiger partial charge in [-0.05, 0) is 69.5 Å². The predicted molar refractivity (Wildman–Crippen MR) is 195 cm³/mol. The molecule has 0 saturated carbocycles. The molecule has 0 amide bonds. The first kappa shape index (κ1) is 29.5. The monoisotopic (exact) mass is 604 g/mol. The summed E-state index contributed by atoms with van der Waals surface area (Å²) in [6.45, 7) is 6.05. The van der Waals surface area contributed by atoms with E-state index >= 15 is 0 Å².